The Morgan fingerprint density at radius 3 is 2.62 bits per heavy atom. The molecule has 0 radical (unpaired) electrons. The van der Waals surface area contributed by atoms with Gasteiger partial charge in [0.15, 0.2) is 0 Å². The van der Waals surface area contributed by atoms with Crippen molar-refractivity contribution in [2.75, 3.05) is 45.9 Å². The van der Waals surface area contributed by atoms with Gasteiger partial charge in [-0.05, 0) is 69.7 Å². The van der Waals surface area contributed by atoms with Crippen LogP contribution < -0.4 is 5.32 Å². The number of carbonyl (C=O) groups excluding carboxylic acids is 2. The van der Waals surface area contributed by atoms with Crippen molar-refractivity contribution in [2.24, 2.45) is 11.8 Å². The molecule has 0 bridgehead atoms. The Morgan fingerprint density at radius 2 is 1.93 bits per heavy atom. The van der Waals surface area contributed by atoms with E-state index in [1.165, 1.54) is 32.2 Å². The van der Waals surface area contributed by atoms with Crippen LogP contribution in [0.4, 0.5) is 0 Å². The molecule has 0 aromatic carbocycles. The summed E-state index contributed by atoms with van der Waals surface area (Å²) >= 11 is 0. The van der Waals surface area contributed by atoms with Gasteiger partial charge in [0.25, 0.3) is 5.91 Å². The third-order valence-electron chi connectivity index (χ3n) is 6.28. The zero-order chi connectivity index (χ0) is 20.2. The topological polar surface area (TPSA) is 74.8 Å². The van der Waals surface area contributed by atoms with E-state index in [1.54, 1.807) is 12.3 Å². The number of carbonyl (C=O) groups is 2. The average molecular weight is 401 g/mol. The lowest BCUT2D eigenvalue weighted by molar-refractivity contribution is -0.149. The molecule has 3 heterocycles. The van der Waals surface area contributed by atoms with E-state index in [4.69, 9.17) is 4.74 Å². The number of pyridine rings is 1. The predicted octanol–water partition coefficient (Wildman–Crippen LogP) is 1.47. The maximum atomic E-state index is 12.3. The molecule has 1 aromatic rings. The van der Waals surface area contributed by atoms with Crippen LogP contribution in [0.25, 0.3) is 0 Å². The Kier molecular flexibility index (Phi) is 6.45. The number of ether oxygens (including phenoxy) is 1. The molecule has 3 fully saturated rings. The molecule has 1 atom stereocenters. The highest BCUT2D eigenvalue weighted by molar-refractivity contribution is 5.93. The number of likely N-dealkylation sites (tertiary alicyclic amines) is 1. The molecular formula is C22H32N4O3. The fourth-order valence-corrected chi connectivity index (χ4v) is 4.22. The van der Waals surface area contributed by atoms with Crippen molar-refractivity contribution in [2.45, 2.75) is 38.7 Å². The lowest BCUT2D eigenvalue weighted by Gasteiger charge is -2.38. The van der Waals surface area contributed by atoms with E-state index in [9.17, 15) is 9.59 Å². The second-order valence-corrected chi connectivity index (χ2v) is 8.82. The molecule has 1 unspecified atom stereocenters. The summed E-state index contributed by atoms with van der Waals surface area (Å²) in [7, 11) is 0. The van der Waals surface area contributed by atoms with Crippen molar-refractivity contribution >= 4 is 11.8 Å². The largest absolute Gasteiger partial charge is 0.365 e. The van der Waals surface area contributed by atoms with Gasteiger partial charge in [0.2, 0.25) is 5.91 Å². The maximum Gasteiger partial charge on any atom is 0.252 e. The van der Waals surface area contributed by atoms with Crippen LogP contribution in [0.5, 0.6) is 0 Å². The van der Waals surface area contributed by atoms with E-state index < -0.39 is 0 Å². The molecule has 7 heteroatoms. The van der Waals surface area contributed by atoms with Crippen LogP contribution in [0, 0.1) is 18.8 Å². The second-order valence-electron chi connectivity index (χ2n) is 8.82. The van der Waals surface area contributed by atoms with Gasteiger partial charge < -0.3 is 19.9 Å². The first-order chi connectivity index (χ1) is 14.1. The molecule has 158 valence electrons. The lowest BCUT2D eigenvalue weighted by atomic mass is 9.95. The van der Waals surface area contributed by atoms with Crippen molar-refractivity contribution in [1.29, 1.82) is 0 Å². The quantitative estimate of drug-likeness (QED) is 0.750. The second kappa shape index (κ2) is 9.22. The van der Waals surface area contributed by atoms with Crippen molar-refractivity contribution in [1.82, 2.24) is 20.1 Å². The highest BCUT2D eigenvalue weighted by Crippen LogP contribution is 2.31. The van der Waals surface area contributed by atoms with E-state index in [1.807, 2.05) is 17.9 Å². The van der Waals surface area contributed by atoms with E-state index in [-0.39, 0.29) is 24.5 Å². The molecule has 1 saturated carbocycles. The van der Waals surface area contributed by atoms with Gasteiger partial charge >= 0.3 is 0 Å². The third kappa shape index (κ3) is 5.76. The monoisotopic (exact) mass is 400 g/mol. The van der Waals surface area contributed by atoms with Crippen LogP contribution in [0.1, 0.15) is 41.7 Å². The Bertz CT molecular complexity index is 711. The number of nitrogens with one attached hydrogen (secondary N) is 1. The van der Waals surface area contributed by atoms with Gasteiger partial charge in [-0.3, -0.25) is 14.6 Å². The van der Waals surface area contributed by atoms with Crippen molar-refractivity contribution < 1.29 is 14.3 Å². The number of aromatic nitrogens is 1. The molecule has 4 rings (SSSR count). The molecule has 1 N–H and O–H groups in total. The highest BCUT2D eigenvalue weighted by Gasteiger charge is 2.31. The van der Waals surface area contributed by atoms with Gasteiger partial charge in [0.1, 0.15) is 6.61 Å². The summed E-state index contributed by atoms with van der Waals surface area (Å²) in [6, 6.07) is 3.59. The molecule has 7 nitrogen and oxygen atoms in total. The number of amides is 2. The SMILES string of the molecule is Cc1ccc(C(=O)NCC2CN(CC3CCN(CC4CC4)CC3)C(=O)CO2)cn1. The van der Waals surface area contributed by atoms with Gasteiger partial charge in [-0.1, -0.05) is 0 Å². The van der Waals surface area contributed by atoms with Crippen LogP contribution >= 0.6 is 0 Å². The standard InChI is InChI=1S/C22H32N4O3/c1-16-2-5-19(10-23-16)22(28)24-11-20-14-26(21(27)15-29-20)13-18-6-8-25(9-7-18)12-17-3-4-17/h2,5,10,17-18,20H,3-4,6-9,11-15H2,1H3,(H,24,28). The van der Waals surface area contributed by atoms with Crippen LogP contribution in [0.15, 0.2) is 18.3 Å². The van der Waals surface area contributed by atoms with Crippen LogP contribution in [0.2, 0.25) is 0 Å². The average Bonchev–Trinajstić information content (AvgIpc) is 3.54. The minimum absolute atomic E-state index is 0.0655. The number of aryl methyl sites for hydroxylation is 1. The molecule has 29 heavy (non-hydrogen) atoms. The van der Waals surface area contributed by atoms with E-state index in [2.05, 4.69) is 15.2 Å². The number of piperidine rings is 1. The fourth-order valence-electron chi connectivity index (χ4n) is 4.22. The molecule has 2 amide bonds. The zero-order valence-electron chi connectivity index (χ0n) is 17.3. The Morgan fingerprint density at radius 1 is 1.17 bits per heavy atom. The number of nitrogens with zero attached hydrogens (tertiary/aromatic N) is 3. The Hall–Kier alpha value is -1.99. The van der Waals surface area contributed by atoms with E-state index >= 15 is 0 Å². The third-order valence-corrected chi connectivity index (χ3v) is 6.28. The molecule has 1 aromatic heterocycles. The summed E-state index contributed by atoms with van der Waals surface area (Å²) in [6.07, 6.45) is 6.56. The van der Waals surface area contributed by atoms with Crippen molar-refractivity contribution in [3.63, 3.8) is 0 Å². The van der Waals surface area contributed by atoms with E-state index in [0.717, 1.165) is 31.2 Å². The molecular weight excluding hydrogens is 368 g/mol. The molecule has 2 aliphatic heterocycles. The van der Waals surface area contributed by atoms with Crippen molar-refractivity contribution in [3.05, 3.63) is 29.6 Å². The van der Waals surface area contributed by atoms with Crippen molar-refractivity contribution in [3.8, 4) is 0 Å². The van der Waals surface area contributed by atoms with Gasteiger partial charge in [-0.15, -0.1) is 0 Å². The molecule has 1 aliphatic carbocycles. The summed E-state index contributed by atoms with van der Waals surface area (Å²) in [6.45, 7) is 7.33. The molecule has 0 spiro atoms. The minimum atomic E-state index is -0.162. The smallest absolute Gasteiger partial charge is 0.252 e. The lowest BCUT2D eigenvalue weighted by Crippen LogP contribution is -2.52. The van der Waals surface area contributed by atoms with E-state index in [0.29, 0.717) is 24.6 Å². The number of morpholine rings is 1. The number of rotatable bonds is 7. The Labute approximate surface area is 172 Å². The molecule has 2 saturated heterocycles. The van der Waals surface area contributed by atoms with Gasteiger partial charge in [-0.2, -0.15) is 0 Å². The summed E-state index contributed by atoms with van der Waals surface area (Å²) in [4.78, 5) is 33.3. The fraction of sp³-hybridized carbons (Fsp3) is 0.682. The number of hydrogen-bond acceptors (Lipinski definition) is 5. The summed E-state index contributed by atoms with van der Waals surface area (Å²) < 4.78 is 5.65. The summed E-state index contributed by atoms with van der Waals surface area (Å²) in [5.41, 5.74) is 1.42. The first-order valence-corrected chi connectivity index (χ1v) is 10.9. The molecule has 3 aliphatic rings. The minimum Gasteiger partial charge on any atom is -0.365 e. The van der Waals surface area contributed by atoms with Crippen LogP contribution in [-0.2, 0) is 9.53 Å². The predicted molar refractivity (Wildman–Crippen MR) is 110 cm³/mol. The first kappa shape index (κ1) is 20.3. The Balaban J connectivity index is 1.21. The zero-order valence-corrected chi connectivity index (χ0v) is 17.3. The van der Waals surface area contributed by atoms with Crippen LogP contribution in [-0.4, -0.2) is 78.6 Å². The van der Waals surface area contributed by atoms with Gasteiger partial charge in [0.05, 0.1) is 11.7 Å². The summed E-state index contributed by atoms with van der Waals surface area (Å²) in [5.74, 6) is 1.42. The van der Waals surface area contributed by atoms with Crippen LogP contribution in [0.3, 0.4) is 0 Å². The maximum absolute atomic E-state index is 12.3. The normalized spacial score (nSPS) is 24.0. The number of hydrogen-bond donors (Lipinski definition) is 1. The van der Waals surface area contributed by atoms with Gasteiger partial charge in [0, 0.05) is 38.1 Å². The summed E-state index contributed by atoms with van der Waals surface area (Å²) in [5, 5.41) is 2.91. The first-order valence-electron chi connectivity index (χ1n) is 10.9. The van der Waals surface area contributed by atoms with Gasteiger partial charge in [-0.25, -0.2) is 0 Å². The highest BCUT2D eigenvalue weighted by atomic mass is 16.5.